The van der Waals surface area contributed by atoms with E-state index >= 15 is 0 Å². The summed E-state index contributed by atoms with van der Waals surface area (Å²) in [5.41, 5.74) is 0.164. The Kier molecular flexibility index (Phi) is 2.95. The van der Waals surface area contributed by atoms with Crippen LogP contribution in [-0.2, 0) is 12.5 Å². The summed E-state index contributed by atoms with van der Waals surface area (Å²) in [6.07, 6.45) is 2.26. The van der Waals surface area contributed by atoms with E-state index in [9.17, 15) is 0 Å². The zero-order valence-corrected chi connectivity index (χ0v) is 11.6. The number of hydrogen-bond donors (Lipinski definition) is 1. The van der Waals surface area contributed by atoms with Crippen molar-refractivity contribution in [3.8, 4) is 10.7 Å². The van der Waals surface area contributed by atoms with Crippen molar-refractivity contribution in [3.05, 3.63) is 23.3 Å². The summed E-state index contributed by atoms with van der Waals surface area (Å²) >= 11 is 1.69. The summed E-state index contributed by atoms with van der Waals surface area (Å²) in [6, 6.07) is 4.12. The highest BCUT2D eigenvalue weighted by Crippen LogP contribution is 2.34. The zero-order valence-electron chi connectivity index (χ0n) is 10.8. The van der Waals surface area contributed by atoms with Crippen LogP contribution < -0.4 is 5.32 Å². The molecule has 2 aromatic rings. The molecule has 2 aromatic heterocycles. The Morgan fingerprint density at radius 2 is 2.44 bits per heavy atom. The minimum absolute atomic E-state index is 0.164. The lowest BCUT2D eigenvalue weighted by Crippen LogP contribution is -2.31. The predicted octanol–water partition coefficient (Wildman–Crippen LogP) is 2.18. The predicted molar refractivity (Wildman–Crippen MR) is 73.8 cm³/mol. The number of rotatable bonds is 3. The molecule has 5 heteroatoms. The Bertz CT molecular complexity index is 523. The quantitative estimate of drug-likeness (QED) is 0.922. The van der Waals surface area contributed by atoms with E-state index in [0.29, 0.717) is 0 Å². The third-order valence-corrected chi connectivity index (χ3v) is 4.77. The monoisotopic (exact) mass is 262 g/mol. The topological polar surface area (TPSA) is 42.7 Å². The Morgan fingerprint density at radius 3 is 3.06 bits per heavy atom. The van der Waals surface area contributed by atoms with Gasteiger partial charge in [-0.15, -0.1) is 11.3 Å². The van der Waals surface area contributed by atoms with E-state index in [2.05, 4.69) is 28.8 Å². The van der Waals surface area contributed by atoms with Gasteiger partial charge in [-0.2, -0.15) is 5.10 Å². The Balaban J connectivity index is 2.02. The van der Waals surface area contributed by atoms with Gasteiger partial charge in [-0.1, -0.05) is 13.0 Å². The number of nitrogens with zero attached hydrogens (tertiary/aromatic N) is 3. The Morgan fingerprint density at radius 1 is 1.56 bits per heavy atom. The first-order chi connectivity index (χ1) is 8.75. The van der Waals surface area contributed by atoms with Gasteiger partial charge in [-0.3, -0.25) is 4.68 Å². The summed E-state index contributed by atoms with van der Waals surface area (Å²) in [4.78, 5) is 5.95. The second-order valence-corrected chi connectivity index (χ2v) is 5.87. The highest BCUT2D eigenvalue weighted by atomic mass is 32.1. The molecule has 0 amide bonds. The molecular weight excluding hydrogens is 244 g/mol. The fraction of sp³-hybridized carbons (Fsp3) is 0.538. The van der Waals surface area contributed by atoms with Crippen molar-refractivity contribution in [3.63, 3.8) is 0 Å². The molecule has 3 rings (SSSR count). The molecule has 3 heterocycles. The van der Waals surface area contributed by atoms with Gasteiger partial charge in [-0.05, 0) is 30.8 Å². The lowest BCUT2D eigenvalue weighted by Gasteiger charge is -2.24. The number of aryl methyl sites for hydroxylation is 1. The van der Waals surface area contributed by atoms with E-state index in [1.807, 2.05) is 17.8 Å². The summed E-state index contributed by atoms with van der Waals surface area (Å²) in [7, 11) is 2.01. The summed E-state index contributed by atoms with van der Waals surface area (Å²) in [6.45, 7) is 4.33. The van der Waals surface area contributed by atoms with E-state index in [1.54, 1.807) is 11.3 Å². The third-order valence-electron chi connectivity index (χ3n) is 3.90. The molecule has 1 N–H and O–H groups in total. The molecule has 1 saturated heterocycles. The van der Waals surface area contributed by atoms with E-state index in [-0.39, 0.29) is 5.41 Å². The molecule has 1 aliphatic heterocycles. The van der Waals surface area contributed by atoms with Crippen molar-refractivity contribution in [2.45, 2.75) is 25.2 Å². The van der Waals surface area contributed by atoms with Crippen molar-refractivity contribution >= 4 is 11.3 Å². The lowest BCUT2D eigenvalue weighted by molar-refractivity contribution is 0.405. The maximum absolute atomic E-state index is 4.80. The van der Waals surface area contributed by atoms with Crippen molar-refractivity contribution in [1.29, 1.82) is 0 Å². The van der Waals surface area contributed by atoms with Gasteiger partial charge in [-0.25, -0.2) is 4.98 Å². The number of hydrogen-bond acceptors (Lipinski definition) is 4. The summed E-state index contributed by atoms with van der Waals surface area (Å²) in [5.74, 6) is 1.99. The van der Waals surface area contributed by atoms with Crippen LogP contribution in [0, 0.1) is 0 Å². The molecule has 1 aliphatic rings. The van der Waals surface area contributed by atoms with Gasteiger partial charge >= 0.3 is 0 Å². The van der Waals surface area contributed by atoms with Gasteiger partial charge in [0.25, 0.3) is 0 Å². The normalized spacial score (nSPS) is 23.7. The average molecular weight is 262 g/mol. The largest absolute Gasteiger partial charge is 0.316 e. The van der Waals surface area contributed by atoms with Crippen LogP contribution in [0.5, 0.6) is 0 Å². The van der Waals surface area contributed by atoms with Crippen LogP contribution in [0.15, 0.2) is 17.5 Å². The molecule has 0 aromatic carbocycles. The van der Waals surface area contributed by atoms with Crippen LogP contribution in [0.2, 0.25) is 0 Å². The Labute approximate surface area is 111 Å². The zero-order chi connectivity index (χ0) is 12.6. The van der Waals surface area contributed by atoms with Gasteiger partial charge in [0.05, 0.1) is 4.88 Å². The van der Waals surface area contributed by atoms with Gasteiger partial charge < -0.3 is 5.32 Å². The minimum Gasteiger partial charge on any atom is -0.316 e. The van der Waals surface area contributed by atoms with Crippen LogP contribution in [0.4, 0.5) is 0 Å². The van der Waals surface area contributed by atoms with Crippen LogP contribution in [0.3, 0.4) is 0 Å². The molecular formula is C13H18N4S. The maximum Gasteiger partial charge on any atom is 0.191 e. The summed E-state index contributed by atoms with van der Waals surface area (Å²) in [5, 5.41) is 10.1. The lowest BCUT2D eigenvalue weighted by atomic mass is 9.83. The molecule has 0 bridgehead atoms. The van der Waals surface area contributed by atoms with Crippen molar-refractivity contribution in [2.75, 3.05) is 13.1 Å². The highest BCUT2D eigenvalue weighted by Gasteiger charge is 2.38. The van der Waals surface area contributed by atoms with Crippen LogP contribution in [-0.4, -0.2) is 27.9 Å². The molecule has 18 heavy (non-hydrogen) atoms. The molecule has 0 saturated carbocycles. The maximum atomic E-state index is 4.80. The molecule has 0 aliphatic carbocycles. The van der Waals surface area contributed by atoms with E-state index in [4.69, 9.17) is 4.98 Å². The third kappa shape index (κ3) is 1.78. The second kappa shape index (κ2) is 4.48. The SMILES string of the molecule is CCC1(c2nc(-c3cccs3)nn2C)CCNC1. The molecule has 0 spiro atoms. The van der Waals surface area contributed by atoms with Crippen molar-refractivity contribution in [1.82, 2.24) is 20.1 Å². The Hall–Kier alpha value is -1.20. The van der Waals surface area contributed by atoms with Gasteiger partial charge in [0.15, 0.2) is 5.82 Å². The van der Waals surface area contributed by atoms with Gasteiger partial charge in [0.2, 0.25) is 0 Å². The van der Waals surface area contributed by atoms with Gasteiger partial charge in [0.1, 0.15) is 5.82 Å². The number of nitrogens with one attached hydrogen (secondary N) is 1. The second-order valence-electron chi connectivity index (χ2n) is 4.92. The van der Waals surface area contributed by atoms with Crippen LogP contribution in [0.1, 0.15) is 25.6 Å². The molecule has 1 unspecified atom stereocenters. The number of thiophene rings is 1. The highest BCUT2D eigenvalue weighted by molar-refractivity contribution is 7.13. The van der Waals surface area contributed by atoms with Gasteiger partial charge in [0, 0.05) is 19.0 Å². The van der Waals surface area contributed by atoms with Crippen LogP contribution >= 0.6 is 11.3 Å². The number of aromatic nitrogens is 3. The average Bonchev–Trinajstić information content (AvgIpc) is 3.09. The fourth-order valence-corrected chi connectivity index (χ4v) is 3.40. The first-order valence-electron chi connectivity index (χ1n) is 6.41. The van der Waals surface area contributed by atoms with Crippen LogP contribution in [0.25, 0.3) is 10.7 Å². The molecule has 1 atom stereocenters. The molecule has 0 radical (unpaired) electrons. The van der Waals surface area contributed by atoms with E-state index in [0.717, 1.165) is 42.5 Å². The van der Waals surface area contributed by atoms with E-state index < -0.39 is 0 Å². The minimum atomic E-state index is 0.164. The van der Waals surface area contributed by atoms with Crippen molar-refractivity contribution < 1.29 is 0 Å². The first kappa shape index (κ1) is 11.9. The molecule has 4 nitrogen and oxygen atoms in total. The smallest absolute Gasteiger partial charge is 0.191 e. The van der Waals surface area contributed by atoms with E-state index in [1.165, 1.54) is 0 Å². The van der Waals surface area contributed by atoms with Crippen molar-refractivity contribution in [2.24, 2.45) is 7.05 Å². The molecule has 96 valence electrons. The first-order valence-corrected chi connectivity index (χ1v) is 7.29. The fourth-order valence-electron chi connectivity index (χ4n) is 2.75. The summed E-state index contributed by atoms with van der Waals surface area (Å²) < 4.78 is 1.96. The standard InChI is InChI=1S/C13H18N4S/c1-3-13(6-7-14-9-13)12-15-11(16-17(12)2)10-5-4-8-18-10/h4-5,8,14H,3,6-7,9H2,1-2H3. The molecule has 1 fully saturated rings.